The van der Waals surface area contributed by atoms with E-state index in [0.29, 0.717) is 0 Å². The molecular weight excluding hydrogens is 296 g/mol. The molecule has 8 heteroatoms. The first-order chi connectivity index (χ1) is 9.54. The molecule has 0 saturated carbocycles. The Morgan fingerprint density at radius 2 is 2.20 bits per heavy atom. The highest BCUT2D eigenvalue weighted by Gasteiger charge is 2.19. The number of thiazole rings is 1. The van der Waals surface area contributed by atoms with Crippen molar-refractivity contribution in [2.75, 3.05) is 0 Å². The van der Waals surface area contributed by atoms with E-state index in [9.17, 15) is 8.42 Å². The summed E-state index contributed by atoms with van der Waals surface area (Å²) in [5.41, 5.74) is 1.15. The minimum atomic E-state index is -3.51. The molecular formula is C12H16N4O2S2. The third-order valence-electron chi connectivity index (χ3n) is 3.29. The monoisotopic (exact) mass is 312 g/mol. The number of sulfonamides is 1. The van der Waals surface area contributed by atoms with Gasteiger partial charge in [-0.25, -0.2) is 18.1 Å². The molecule has 3 rings (SSSR count). The van der Waals surface area contributed by atoms with Gasteiger partial charge >= 0.3 is 0 Å². The Hall–Kier alpha value is -1.25. The van der Waals surface area contributed by atoms with E-state index < -0.39 is 10.0 Å². The average molecular weight is 312 g/mol. The van der Waals surface area contributed by atoms with E-state index in [1.54, 1.807) is 18.4 Å². The number of aromatic nitrogens is 3. The van der Waals surface area contributed by atoms with Crippen LogP contribution in [0.4, 0.5) is 0 Å². The van der Waals surface area contributed by atoms with Crippen LogP contribution in [0, 0.1) is 0 Å². The molecule has 0 spiro atoms. The topological polar surface area (TPSA) is 76.9 Å². The Kier molecular flexibility index (Phi) is 3.61. The van der Waals surface area contributed by atoms with Crippen molar-refractivity contribution < 1.29 is 8.42 Å². The summed E-state index contributed by atoms with van der Waals surface area (Å²) in [5.74, 6) is 0. The lowest BCUT2D eigenvalue weighted by atomic mass is 10.0. The molecule has 0 amide bonds. The number of hydrogen-bond acceptors (Lipinski definition) is 5. The van der Waals surface area contributed by atoms with Crippen molar-refractivity contribution in [2.45, 2.75) is 37.1 Å². The van der Waals surface area contributed by atoms with Crippen LogP contribution in [-0.2, 0) is 36.5 Å². The Balaban J connectivity index is 1.71. The van der Waals surface area contributed by atoms with Crippen molar-refractivity contribution in [3.63, 3.8) is 0 Å². The summed E-state index contributed by atoms with van der Waals surface area (Å²) in [6, 6.07) is 0. The maximum Gasteiger partial charge on any atom is 0.244 e. The second kappa shape index (κ2) is 5.27. The molecule has 0 saturated heterocycles. The van der Waals surface area contributed by atoms with Crippen molar-refractivity contribution in [3.05, 3.63) is 28.0 Å². The second-order valence-corrected chi connectivity index (χ2v) is 7.79. The molecule has 0 bridgehead atoms. The van der Waals surface area contributed by atoms with Crippen LogP contribution >= 0.6 is 11.3 Å². The molecule has 0 radical (unpaired) electrons. The van der Waals surface area contributed by atoms with Gasteiger partial charge in [-0.15, -0.1) is 11.3 Å². The summed E-state index contributed by atoms with van der Waals surface area (Å²) >= 11 is 1.62. The molecule has 6 nitrogen and oxygen atoms in total. The maximum atomic E-state index is 12.1. The zero-order valence-electron chi connectivity index (χ0n) is 11.2. The van der Waals surface area contributed by atoms with Crippen LogP contribution in [0.3, 0.4) is 0 Å². The van der Waals surface area contributed by atoms with Crippen LogP contribution in [0.2, 0.25) is 0 Å². The molecule has 1 N–H and O–H groups in total. The van der Waals surface area contributed by atoms with Crippen LogP contribution in [0.25, 0.3) is 0 Å². The second-order valence-electron chi connectivity index (χ2n) is 4.86. The van der Waals surface area contributed by atoms with E-state index in [1.165, 1.54) is 34.8 Å². The first-order valence-corrected chi connectivity index (χ1v) is 8.80. The van der Waals surface area contributed by atoms with E-state index in [-0.39, 0.29) is 11.4 Å². The Bertz CT molecular complexity index is 694. The van der Waals surface area contributed by atoms with E-state index in [0.717, 1.165) is 23.5 Å². The molecule has 20 heavy (non-hydrogen) atoms. The van der Waals surface area contributed by atoms with Crippen LogP contribution in [0.15, 0.2) is 17.3 Å². The van der Waals surface area contributed by atoms with Gasteiger partial charge in [-0.2, -0.15) is 5.10 Å². The summed E-state index contributed by atoms with van der Waals surface area (Å²) in [6.45, 7) is 0.245. The molecule has 0 fully saturated rings. The average Bonchev–Trinajstić information content (AvgIpc) is 3.02. The summed E-state index contributed by atoms with van der Waals surface area (Å²) in [6.07, 6.45) is 7.29. The fourth-order valence-corrected chi connectivity index (χ4v) is 4.42. The predicted molar refractivity (Wildman–Crippen MR) is 76.0 cm³/mol. The van der Waals surface area contributed by atoms with E-state index in [1.807, 2.05) is 0 Å². The van der Waals surface area contributed by atoms with Crippen LogP contribution < -0.4 is 4.72 Å². The Labute approximate surface area is 121 Å². The van der Waals surface area contributed by atoms with Gasteiger partial charge < -0.3 is 0 Å². The smallest absolute Gasteiger partial charge is 0.244 e. The number of aryl methyl sites for hydroxylation is 3. The van der Waals surface area contributed by atoms with Gasteiger partial charge in [0, 0.05) is 18.1 Å². The largest absolute Gasteiger partial charge is 0.274 e. The first kappa shape index (κ1) is 13.7. The zero-order valence-corrected chi connectivity index (χ0v) is 12.8. The van der Waals surface area contributed by atoms with E-state index in [4.69, 9.17) is 0 Å². The van der Waals surface area contributed by atoms with Gasteiger partial charge in [0.05, 0.1) is 18.4 Å². The highest BCUT2D eigenvalue weighted by molar-refractivity contribution is 7.89. The van der Waals surface area contributed by atoms with E-state index in [2.05, 4.69) is 14.8 Å². The minimum absolute atomic E-state index is 0.182. The molecule has 0 atom stereocenters. The molecule has 0 unspecified atom stereocenters. The third kappa shape index (κ3) is 2.77. The van der Waals surface area contributed by atoms with Gasteiger partial charge in [-0.3, -0.25) is 4.68 Å². The summed E-state index contributed by atoms with van der Waals surface area (Å²) in [7, 11) is -1.82. The number of nitrogens with zero attached hydrogens (tertiary/aromatic N) is 3. The third-order valence-corrected chi connectivity index (χ3v) is 5.81. The fraction of sp³-hybridized carbons (Fsp3) is 0.500. The summed E-state index contributed by atoms with van der Waals surface area (Å²) in [5, 5.41) is 4.71. The van der Waals surface area contributed by atoms with Gasteiger partial charge in [-0.05, 0) is 25.7 Å². The lowest BCUT2D eigenvalue weighted by molar-refractivity contribution is 0.580. The summed E-state index contributed by atoms with van der Waals surface area (Å²) < 4.78 is 28.2. The molecule has 2 aromatic heterocycles. The van der Waals surface area contributed by atoms with Crippen LogP contribution in [-0.4, -0.2) is 23.2 Å². The number of nitrogens with one attached hydrogen (secondary N) is 1. The molecule has 2 heterocycles. The van der Waals surface area contributed by atoms with Gasteiger partial charge in [-0.1, -0.05) is 0 Å². The highest BCUT2D eigenvalue weighted by atomic mass is 32.2. The quantitative estimate of drug-likeness (QED) is 0.921. The lowest BCUT2D eigenvalue weighted by Crippen LogP contribution is -2.22. The van der Waals surface area contributed by atoms with Gasteiger partial charge in [0.1, 0.15) is 9.90 Å². The predicted octanol–water partition coefficient (Wildman–Crippen LogP) is 1.23. The molecule has 108 valence electrons. The van der Waals surface area contributed by atoms with Crippen molar-refractivity contribution in [3.8, 4) is 0 Å². The number of rotatable bonds is 4. The lowest BCUT2D eigenvalue weighted by Gasteiger charge is -2.06. The van der Waals surface area contributed by atoms with Crippen molar-refractivity contribution in [1.82, 2.24) is 19.5 Å². The summed E-state index contributed by atoms with van der Waals surface area (Å²) in [4.78, 5) is 6.02. The van der Waals surface area contributed by atoms with Gasteiger partial charge in [0.15, 0.2) is 0 Å². The first-order valence-electron chi connectivity index (χ1n) is 6.50. The Morgan fingerprint density at radius 3 is 2.90 bits per heavy atom. The molecule has 0 aliphatic heterocycles. The Morgan fingerprint density at radius 1 is 1.40 bits per heavy atom. The van der Waals surface area contributed by atoms with E-state index >= 15 is 0 Å². The SMILES string of the molecule is Cn1cc(S(=O)(=O)NCc2nc3c(s2)CCCC3)cn1. The van der Waals surface area contributed by atoms with Crippen molar-refractivity contribution in [2.24, 2.45) is 7.05 Å². The zero-order chi connectivity index (χ0) is 14.2. The number of fused-ring (bicyclic) bond motifs is 1. The highest BCUT2D eigenvalue weighted by Crippen LogP contribution is 2.26. The fourth-order valence-electron chi connectivity index (χ4n) is 2.26. The van der Waals surface area contributed by atoms with Crippen molar-refractivity contribution in [1.29, 1.82) is 0 Å². The standard InChI is InChI=1S/C12H16N4O2S2/c1-16-8-9(6-13-16)20(17,18)14-7-12-15-10-4-2-3-5-11(10)19-12/h6,8,14H,2-5,7H2,1H3. The van der Waals surface area contributed by atoms with Crippen LogP contribution in [0.5, 0.6) is 0 Å². The number of hydrogen-bond donors (Lipinski definition) is 1. The van der Waals surface area contributed by atoms with Gasteiger partial charge in [0.25, 0.3) is 0 Å². The minimum Gasteiger partial charge on any atom is -0.274 e. The molecule has 1 aliphatic rings. The molecule has 2 aromatic rings. The van der Waals surface area contributed by atoms with Crippen LogP contribution in [0.1, 0.15) is 28.4 Å². The van der Waals surface area contributed by atoms with Gasteiger partial charge in [0.2, 0.25) is 10.0 Å². The normalized spacial score (nSPS) is 15.2. The molecule has 1 aliphatic carbocycles. The molecule has 0 aromatic carbocycles. The van der Waals surface area contributed by atoms with Crippen molar-refractivity contribution >= 4 is 21.4 Å². The maximum absolute atomic E-state index is 12.1.